The third-order valence-electron chi connectivity index (χ3n) is 5.00. The van der Waals surface area contributed by atoms with Crippen molar-refractivity contribution >= 4 is 10.0 Å². The fourth-order valence-corrected chi connectivity index (χ4v) is 4.75. The zero-order valence-electron chi connectivity index (χ0n) is 15.3. The van der Waals surface area contributed by atoms with Crippen LogP contribution in [0.2, 0.25) is 0 Å². The monoisotopic (exact) mass is 393 g/mol. The molecule has 2 aromatic rings. The maximum absolute atomic E-state index is 13.3. The molecule has 0 spiro atoms. The van der Waals surface area contributed by atoms with Gasteiger partial charge in [-0.1, -0.05) is 30.3 Å². The van der Waals surface area contributed by atoms with Crippen LogP contribution in [0.25, 0.3) is 0 Å². The molecule has 1 fully saturated rings. The molecule has 1 heterocycles. The fourth-order valence-electron chi connectivity index (χ4n) is 3.53. The predicted octanol–water partition coefficient (Wildman–Crippen LogP) is 3.00. The molecule has 0 amide bonds. The van der Waals surface area contributed by atoms with Crippen molar-refractivity contribution < 1.29 is 22.3 Å². The number of hydrogen-bond donors (Lipinski definition) is 1. The lowest BCUT2D eigenvalue weighted by Gasteiger charge is -2.38. The van der Waals surface area contributed by atoms with Crippen LogP contribution in [0, 0.1) is 5.82 Å². The molecule has 0 radical (unpaired) electrons. The molecule has 1 N–H and O–H groups in total. The van der Waals surface area contributed by atoms with Gasteiger partial charge in [0.15, 0.2) is 0 Å². The number of halogens is 1. The van der Waals surface area contributed by atoms with Crippen LogP contribution in [0.1, 0.15) is 24.0 Å². The van der Waals surface area contributed by atoms with Gasteiger partial charge in [-0.05, 0) is 36.6 Å². The number of benzene rings is 2. The Kier molecular flexibility index (Phi) is 6.14. The quantitative estimate of drug-likeness (QED) is 0.785. The molecule has 1 aliphatic rings. The van der Waals surface area contributed by atoms with Gasteiger partial charge in [0.2, 0.25) is 10.0 Å². The summed E-state index contributed by atoms with van der Waals surface area (Å²) in [6, 6.07) is 13.3. The first-order chi connectivity index (χ1) is 12.9. The fraction of sp³-hybridized carbons (Fsp3) is 0.400. The minimum atomic E-state index is -3.61. The van der Waals surface area contributed by atoms with E-state index in [1.165, 1.54) is 18.2 Å². The Labute approximate surface area is 159 Å². The Hall–Kier alpha value is -1.96. The highest BCUT2D eigenvalue weighted by Crippen LogP contribution is 2.39. The first-order valence-corrected chi connectivity index (χ1v) is 10.5. The van der Waals surface area contributed by atoms with E-state index in [0.29, 0.717) is 31.6 Å². The highest BCUT2D eigenvalue weighted by Gasteiger charge is 2.37. The van der Waals surface area contributed by atoms with Crippen molar-refractivity contribution in [2.24, 2.45) is 0 Å². The number of sulfonamides is 1. The molecular weight excluding hydrogens is 369 g/mol. The van der Waals surface area contributed by atoms with Gasteiger partial charge in [-0.2, -0.15) is 0 Å². The first kappa shape index (κ1) is 19.8. The maximum Gasteiger partial charge on any atom is 0.215 e. The summed E-state index contributed by atoms with van der Waals surface area (Å²) in [5.74, 6) is 0.0323. The Morgan fingerprint density at radius 3 is 2.59 bits per heavy atom. The molecule has 27 heavy (non-hydrogen) atoms. The van der Waals surface area contributed by atoms with E-state index in [1.54, 1.807) is 13.2 Å². The molecule has 3 rings (SSSR count). The molecule has 0 bridgehead atoms. The van der Waals surface area contributed by atoms with Gasteiger partial charge in [0.1, 0.15) is 11.6 Å². The number of nitrogens with one attached hydrogen (secondary N) is 1. The van der Waals surface area contributed by atoms with Gasteiger partial charge in [-0.25, -0.2) is 17.5 Å². The van der Waals surface area contributed by atoms with Gasteiger partial charge < -0.3 is 9.47 Å². The van der Waals surface area contributed by atoms with E-state index in [4.69, 9.17) is 9.47 Å². The van der Waals surface area contributed by atoms with Crippen molar-refractivity contribution in [1.29, 1.82) is 0 Å². The van der Waals surface area contributed by atoms with E-state index in [2.05, 4.69) is 4.72 Å². The van der Waals surface area contributed by atoms with Crippen LogP contribution in [0.15, 0.2) is 48.5 Å². The van der Waals surface area contributed by atoms with Gasteiger partial charge in [0.25, 0.3) is 0 Å². The summed E-state index contributed by atoms with van der Waals surface area (Å²) in [4.78, 5) is 0. The molecule has 1 aliphatic heterocycles. The Bertz CT molecular complexity index is 879. The summed E-state index contributed by atoms with van der Waals surface area (Å²) in [6.45, 7) is 1.36. The maximum atomic E-state index is 13.3. The van der Waals surface area contributed by atoms with Crippen molar-refractivity contribution in [3.63, 3.8) is 0 Å². The molecule has 0 unspecified atom stereocenters. The third kappa shape index (κ3) is 4.86. The smallest absolute Gasteiger partial charge is 0.215 e. The van der Waals surface area contributed by atoms with Gasteiger partial charge in [0, 0.05) is 30.7 Å². The van der Waals surface area contributed by atoms with Crippen LogP contribution < -0.4 is 9.46 Å². The van der Waals surface area contributed by atoms with Crippen molar-refractivity contribution in [2.75, 3.05) is 26.9 Å². The van der Waals surface area contributed by atoms with Crippen molar-refractivity contribution in [3.8, 4) is 5.75 Å². The second-order valence-electron chi connectivity index (χ2n) is 6.80. The molecule has 2 aromatic carbocycles. The van der Waals surface area contributed by atoms with Crippen LogP contribution in [0.4, 0.5) is 4.39 Å². The van der Waals surface area contributed by atoms with Crippen LogP contribution in [0.5, 0.6) is 5.75 Å². The van der Waals surface area contributed by atoms with E-state index >= 15 is 0 Å². The molecule has 0 saturated carbocycles. The lowest BCUT2D eigenvalue weighted by molar-refractivity contribution is 0.0509. The summed E-state index contributed by atoms with van der Waals surface area (Å²) in [5, 5.41) is 0. The lowest BCUT2D eigenvalue weighted by Crippen LogP contribution is -2.45. The number of rotatable bonds is 7. The SMILES string of the molecule is COc1ccccc1C1(CNS(=O)(=O)Cc2cccc(F)c2)CCOCC1. The van der Waals surface area contributed by atoms with E-state index in [9.17, 15) is 12.8 Å². The van der Waals surface area contributed by atoms with Crippen molar-refractivity contribution in [2.45, 2.75) is 24.0 Å². The Morgan fingerprint density at radius 2 is 1.89 bits per heavy atom. The van der Waals surface area contributed by atoms with Crippen LogP contribution in [-0.2, 0) is 25.9 Å². The van der Waals surface area contributed by atoms with Crippen LogP contribution in [0.3, 0.4) is 0 Å². The number of para-hydroxylation sites is 1. The molecule has 5 nitrogen and oxygen atoms in total. The summed E-state index contributed by atoms with van der Waals surface area (Å²) in [5.41, 5.74) is 0.991. The Balaban J connectivity index is 1.81. The minimum absolute atomic E-state index is 0.244. The van der Waals surface area contributed by atoms with Crippen molar-refractivity contribution in [1.82, 2.24) is 4.72 Å². The zero-order valence-corrected chi connectivity index (χ0v) is 16.1. The summed E-state index contributed by atoms with van der Waals surface area (Å²) in [6.07, 6.45) is 1.38. The summed E-state index contributed by atoms with van der Waals surface area (Å²) in [7, 11) is -2.00. The average molecular weight is 393 g/mol. The second-order valence-corrected chi connectivity index (χ2v) is 8.61. The van der Waals surface area contributed by atoms with Gasteiger partial charge in [-0.3, -0.25) is 0 Å². The average Bonchev–Trinajstić information content (AvgIpc) is 2.67. The third-order valence-corrected chi connectivity index (χ3v) is 6.30. The van der Waals surface area contributed by atoms with Gasteiger partial charge in [0.05, 0.1) is 12.9 Å². The number of hydrogen-bond acceptors (Lipinski definition) is 4. The Morgan fingerprint density at radius 1 is 1.15 bits per heavy atom. The predicted molar refractivity (Wildman–Crippen MR) is 102 cm³/mol. The first-order valence-electron chi connectivity index (χ1n) is 8.87. The summed E-state index contributed by atoms with van der Waals surface area (Å²) < 4.78 is 52.2. The van der Waals surface area contributed by atoms with Crippen LogP contribution >= 0.6 is 0 Å². The molecule has 0 aromatic heterocycles. The molecule has 7 heteroatoms. The normalized spacial score (nSPS) is 16.8. The molecule has 0 atom stereocenters. The topological polar surface area (TPSA) is 64.6 Å². The van der Waals surface area contributed by atoms with Gasteiger partial charge in [-0.15, -0.1) is 0 Å². The highest BCUT2D eigenvalue weighted by atomic mass is 32.2. The summed E-state index contributed by atoms with van der Waals surface area (Å²) >= 11 is 0. The molecule has 1 saturated heterocycles. The lowest BCUT2D eigenvalue weighted by atomic mass is 9.74. The molecule has 146 valence electrons. The molecule has 0 aliphatic carbocycles. The standard InChI is InChI=1S/C20H24FNO4S/c1-25-19-8-3-2-7-18(19)20(9-11-26-12-10-20)15-22-27(23,24)14-16-5-4-6-17(21)13-16/h2-8,13,22H,9-12,14-15H2,1H3. The minimum Gasteiger partial charge on any atom is -0.496 e. The van der Waals surface area contributed by atoms with E-state index in [1.807, 2.05) is 24.3 Å². The largest absolute Gasteiger partial charge is 0.496 e. The van der Waals surface area contributed by atoms with Crippen molar-refractivity contribution in [3.05, 3.63) is 65.5 Å². The second kappa shape index (κ2) is 8.37. The number of methoxy groups -OCH3 is 1. The van der Waals surface area contributed by atoms with E-state index < -0.39 is 21.3 Å². The van der Waals surface area contributed by atoms with Gasteiger partial charge >= 0.3 is 0 Å². The van der Waals surface area contributed by atoms with E-state index in [-0.39, 0.29) is 12.3 Å². The molecular formula is C20H24FNO4S. The number of ether oxygens (including phenoxy) is 2. The van der Waals surface area contributed by atoms with E-state index in [0.717, 1.165) is 11.3 Å². The van der Waals surface area contributed by atoms with Crippen LogP contribution in [-0.4, -0.2) is 35.3 Å². The highest BCUT2D eigenvalue weighted by molar-refractivity contribution is 7.88. The zero-order chi connectivity index (χ0) is 19.3.